The van der Waals surface area contributed by atoms with Crippen molar-refractivity contribution in [1.29, 1.82) is 0 Å². The number of nitrogens with one attached hydrogen (secondary N) is 1. The molecular formula is C41H44ClNO18. The Balaban J connectivity index is 1.06. The number of hydrogen-bond acceptors (Lipinski definition) is 18. The predicted molar refractivity (Wildman–Crippen MR) is 205 cm³/mol. The maximum atomic E-state index is 13.9. The maximum Gasteiger partial charge on any atom is 0.407 e. The Labute approximate surface area is 351 Å². The summed E-state index contributed by atoms with van der Waals surface area (Å²) < 4.78 is 33.8. The highest BCUT2D eigenvalue weighted by Gasteiger charge is 2.50. The van der Waals surface area contributed by atoms with Gasteiger partial charge in [0.25, 0.3) is 0 Å². The summed E-state index contributed by atoms with van der Waals surface area (Å²) in [5.41, 5.74) is -3.40. The first-order chi connectivity index (χ1) is 28.9. The molecule has 2 aliphatic heterocycles. The number of fused-ring (bicyclic) bond motifs is 3. The van der Waals surface area contributed by atoms with Crippen LogP contribution < -0.4 is 14.8 Å². The number of carbonyl (C=O) groups excluding carboxylic acids is 4. The molecule has 2 heterocycles. The number of halogens is 1. The third kappa shape index (κ3) is 8.02. The number of ether oxygens (including phenoxy) is 6. The van der Waals surface area contributed by atoms with Crippen LogP contribution in [0, 0.1) is 0 Å². The molecule has 0 radical (unpaired) electrons. The number of aromatic hydroxyl groups is 2. The van der Waals surface area contributed by atoms with Crippen molar-refractivity contribution in [3.05, 3.63) is 80.4 Å². The smallest absolute Gasteiger partial charge is 0.407 e. The van der Waals surface area contributed by atoms with Crippen LogP contribution in [0.4, 0.5) is 4.79 Å². The summed E-state index contributed by atoms with van der Waals surface area (Å²) >= 11 is 6.36. The summed E-state index contributed by atoms with van der Waals surface area (Å²) in [7, 11) is 1.30. The Bertz CT molecular complexity index is 2250. The third-order valence-corrected chi connectivity index (χ3v) is 11.8. The van der Waals surface area contributed by atoms with Gasteiger partial charge in [-0.05, 0) is 37.6 Å². The number of methoxy groups -OCH3 is 1. The molecular weight excluding hydrogens is 830 g/mol. The van der Waals surface area contributed by atoms with Gasteiger partial charge >= 0.3 is 6.09 Å². The number of alkyl carbamates (subject to hydrolysis) is 1. The van der Waals surface area contributed by atoms with Crippen molar-refractivity contribution in [2.75, 3.05) is 13.7 Å². The van der Waals surface area contributed by atoms with E-state index < -0.39 is 132 Å². The number of aliphatic hydroxyl groups is 6. The zero-order valence-electron chi connectivity index (χ0n) is 32.8. The SMILES string of the molecule is COc1cccc2c1C(=O)c1c(O)c3c(c(O)c1C2=O)C[C@@](O)(C(C)=O)C[C@@H]3OC1C[C@H](NC(=O)OCc2ccc(O[C@@H]3O[C@H](CO)[C@H](O)[C@H](O)[C@H]3O)c(Cl)c2)[C@H](O)[C@H](C)O1. The second kappa shape index (κ2) is 17.1. The van der Waals surface area contributed by atoms with Gasteiger partial charge in [0, 0.05) is 36.0 Å². The van der Waals surface area contributed by atoms with Crippen molar-refractivity contribution in [2.24, 2.45) is 0 Å². The van der Waals surface area contributed by atoms with E-state index in [1.165, 1.54) is 50.4 Å². The van der Waals surface area contributed by atoms with Gasteiger partial charge in [-0.3, -0.25) is 14.4 Å². The summed E-state index contributed by atoms with van der Waals surface area (Å²) in [5, 5.41) is 88.2. The molecule has 7 rings (SSSR count). The van der Waals surface area contributed by atoms with Crippen molar-refractivity contribution in [1.82, 2.24) is 5.32 Å². The van der Waals surface area contributed by atoms with Crippen LogP contribution in [0.2, 0.25) is 5.02 Å². The Morgan fingerprint density at radius 3 is 2.33 bits per heavy atom. The van der Waals surface area contributed by atoms with E-state index >= 15 is 0 Å². The minimum Gasteiger partial charge on any atom is -0.507 e. The van der Waals surface area contributed by atoms with Crippen LogP contribution >= 0.6 is 11.6 Å². The highest BCUT2D eigenvalue weighted by molar-refractivity contribution is 6.32. The molecule has 3 aromatic rings. The van der Waals surface area contributed by atoms with Gasteiger partial charge in [-0.25, -0.2) is 4.79 Å². The quantitative estimate of drug-likeness (QED) is 0.0997. The molecule has 20 heteroatoms. The summed E-state index contributed by atoms with van der Waals surface area (Å²) in [6.07, 6.45) is -14.9. The van der Waals surface area contributed by atoms with Gasteiger partial charge in [0.05, 0.1) is 53.7 Å². The first-order valence-corrected chi connectivity index (χ1v) is 19.5. The monoisotopic (exact) mass is 873 g/mol. The normalized spacial score (nSPS) is 30.7. The molecule has 1 unspecified atom stereocenters. The second-order valence-corrected chi connectivity index (χ2v) is 15.8. The minimum atomic E-state index is -2.16. The van der Waals surface area contributed by atoms with Crippen molar-refractivity contribution < 1.29 is 88.5 Å². The average molecular weight is 874 g/mol. The van der Waals surface area contributed by atoms with Crippen molar-refractivity contribution in [3.63, 3.8) is 0 Å². The molecule has 0 bridgehead atoms. The first-order valence-electron chi connectivity index (χ1n) is 19.2. The number of ketones is 3. The lowest BCUT2D eigenvalue weighted by Crippen LogP contribution is -2.60. The van der Waals surface area contributed by atoms with E-state index in [0.717, 1.165) is 6.92 Å². The van der Waals surface area contributed by atoms with Gasteiger partial charge in [0.1, 0.15) is 65.7 Å². The number of carbonyl (C=O) groups is 4. The zero-order chi connectivity index (χ0) is 44.2. The van der Waals surface area contributed by atoms with Gasteiger partial charge in [-0.2, -0.15) is 0 Å². The molecule has 0 saturated carbocycles. The summed E-state index contributed by atoms with van der Waals surface area (Å²) in [5.74, 6) is -3.72. The summed E-state index contributed by atoms with van der Waals surface area (Å²) in [6, 6.07) is 7.48. The summed E-state index contributed by atoms with van der Waals surface area (Å²) in [6.45, 7) is 1.63. The number of benzene rings is 3. The van der Waals surface area contributed by atoms with Crippen molar-refractivity contribution >= 4 is 35.0 Å². The molecule has 1 amide bonds. The molecule has 19 nitrogen and oxygen atoms in total. The van der Waals surface area contributed by atoms with Crippen LogP contribution in [0.15, 0.2) is 36.4 Å². The van der Waals surface area contributed by atoms with E-state index in [0.29, 0.717) is 5.56 Å². The number of phenolic OH excluding ortho intramolecular Hbond substituents is 2. The number of hydrogen-bond donors (Lipinski definition) is 9. The van der Waals surface area contributed by atoms with E-state index in [-0.39, 0.29) is 51.8 Å². The molecule has 328 valence electrons. The van der Waals surface area contributed by atoms with Crippen molar-refractivity contribution in [3.8, 4) is 23.0 Å². The lowest BCUT2D eigenvalue weighted by Gasteiger charge is -2.42. The Morgan fingerprint density at radius 1 is 0.934 bits per heavy atom. The first kappa shape index (κ1) is 44.1. The minimum absolute atomic E-state index is 0.000883. The van der Waals surface area contributed by atoms with Gasteiger partial charge in [0.2, 0.25) is 12.1 Å². The van der Waals surface area contributed by atoms with E-state index in [4.69, 9.17) is 40.0 Å². The highest BCUT2D eigenvalue weighted by Crippen LogP contribution is 2.52. The van der Waals surface area contributed by atoms with E-state index in [2.05, 4.69) is 5.32 Å². The second-order valence-electron chi connectivity index (χ2n) is 15.4. The molecule has 3 aromatic carbocycles. The lowest BCUT2D eigenvalue weighted by atomic mass is 9.72. The number of aliphatic hydroxyl groups excluding tert-OH is 5. The van der Waals surface area contributed by atoms with Crippen molar-refractivity contribution in [2.45, 2.75) is 107 Å². The number of phenols is 2. The van der Waals surface area contributed by atoms with Crippen LogP contribution in [0.1, 0.15) is 81.3 Å². The average Bonchev–Trinajstić information content (AvgIpc) is 3.22. The third-order valence-electron chi connectivity index (χ3n) is 11.5. The van der Waals surface area contributed by atoms with Crippen LogP contribution in [-0.4, -0.2) is 139 Å². The van der Waals surface area contributed by atoms with Gasteiger partial charge in [-0.1, -0.05) is 29.8 Å². The van der Waals surface area contributed by atoms with Crippen LogP contribution in [-0.2, 0) is 36.8 Å². The fraction of sp³-hybridized carbons (Fsp3) is 0.463. The molecule has 0 aromatic heterocycles. The molecule has 11 atom stereocenters. The molecule has 2 saturated heterocycles. The molecule has 2 fully saturated rings. The van der Waals surface area contributed by atoms with Gasteiger partial charge in [0.15, 0.2) is 17.9 Å². The van der Waals surface area contributed by atoms with Gasteiger partial charge in [-0.15, -0.1) is 0 Å². The van der Waals surface area contributed by atoms with E-state index in [9.17, 15) is 60.0 Å². The maximum absolute atomic E-state index is 13.9. The van der Waals surface area contributed by atoms with Gasteiger partial charge < -0.3 is 74.6 Å². The number of Topliss-reactive ketones (excluding diaryl/α,β-unsaturated/α-hetero) is 1. The lowest BCUT2D eigenvalue weighted by molar-refractivity contribution is -0.277. The number of rotatable bonds is 10. The predicted octanol–water partition coefficient (Wildman–Crippen LogP) is 0.829. The Kier molecular flexibility index (Phi) is 12.4. The topological polar surface area (TPSA) is 298 Å². The fourth-order valence-electron chi connectivity index (χ4n) is 8.13. The fourth-order valence-corrected chi connectivity index (χ4v) is 8.38. The molecule has 0 spiro atoms. The summed E-state index contributed by atoms with van der Waals surface area (Å²) in [4.78, 5) is 53.6. The standard InChI is InChI=1S/C41H44ClNO18/c1-15-31(46)21(43-40(54)57-14-17-7-8-22(20(42)9-17)60-39-38(53)37(52)34(49)25(13-44)61-39)10-26(58-15)59-24-12-41(55,16(2)45)11-19-28(24)36(51)30-29(33(19)48)32(47)18-5-4-6-23(56-3)27(18)35(30)50/h4-9,15,21,24-26,31,34,37-39,44,46,48-49,51-53,55H,10-14H2,1-3H3,(H,43,54)/t15-,21-,24-,25+,26?,31+,34-,37-,38+,39+,41-/m0/s1. The molecule has 61 heavy (non-hydrogen) atoms. The van der Waals surface area contributed by atoms with Crippen LogP contribution in [0.3, 0.4) is 0 Å². The van der Waals surface area contributed by atoms with Crippen LogP contribution in [0.25, 0.3) is 0 Å². The van der Waals surface area contributed by atoms with E-state index in [1.807, 2.05) is 0 Å². The molecule has 9 N–H and O–H groups in total. The Hall–Kier alpha value is -4.93. The Morgan fingerprint density at radius 2 is 1.66 bits per heavy atom. The molecule has 2 aliphatic carbocycles. The van der Waals surface area contributed by atoms with Crippen LogP contribution in [0.5, 0.6) is 23.0 Å². The largest absolute Gasteiger partial charge is 0.507 e. The highest BCUT2D eigenvalue weighted by atomic mass is 35.5. The van der Waals surface area contributed by atoms with E-state index in [1.54, 1.807) is 0 Å². The molecule has 4 aliphatic rings. The zero-order valence-corrected chi connectivity index (χ0v) is 33.6. The number of amides is 1.